The minimum atomic E-state index is -4.06. The van der Waals surface area contributed by atoms with Crippen molar-refractivity contribution in [1.82, 2.24) is 4.90 Å². The third kappa shape index (κ3) is 2.64. The summed E-state index contributed by atoms with van der Waals surface area (Å²) in [7, 11) is 0. The standard InChI is InChI=1S/C10H16F3NO/c11-10(12,13)3-4-14-5-7-1-2-9(15)8(7)6-14/h7-9,15H,1-6H2. The number of alkyl halides is 3. The minimum Gasteiger partial charge on any atom is -0.393 e. The molecule has 1 saturated carbocycles. The van der Waals surface area contributed by atoms with Crippen molar-refractivity contribution < 1.29 is 18.3 Å². The van der Waals surface area contributed by atoms with E-state index in [1.807, 2.05) is 4.90 Å². The molecule has 0 bridgehead atoms. The lowest BCUT2D eigenvalue weighted by Gasteiger charge is -2.18. The lowest BCUT2D eigenvalue weighted by Crippen LogP contribution is -2.28. The van der Waals surface area contributed by atoms with Gasteiger partial charge in [-0.05, 0) is 18.8 Å². The third-order valence-corrected chi connectivity index (χ3v) is 3.61. The molecule has 1 heterocycles. The van der Waals surface area contributed by atoms with Crippen LogP contribution in [0, 0.1) is 11.8 Å². The van der Waals surface area contributed by atoms with Gasteiger partial charge in [0.25, 0.3) is 0 Å². The average molecular weight is 223 g/mol. The van der Waals surface area contributed by atoms with E-state index >= 15 is 0 Å². The Hall–Kier alpha value is -0.290. The van der Waals surface area contributed by atoms with Crippen LogP contribution in [0.1, 0.15) is 19.3 Å². The van der Waals surface area contributed by atoms with Crippen molar-refractivity contribution in [1.29, 1.82) is 0 Å². The Morgan fingerprint density at radius 3 is 2.53 bits per heavy atom. The van der Waals surface area contributed by atoms with E-state index in [4.69, 9.17) is 0 Å². The van der Waals surface area contributed by atoms with E-state index in [-0.39, 0.29) is 18.6 Å². The summed E-state index contributed by atoms with van der Waals surface area (Å²) in [6.07, 6.45) is -3.29. The molecule has 5 heteroatoms. The van der Waals surface area contributed by atoms with E-state index in [9.17, 15) is 18.3 Å². The van der Waals surface area contributed by atoms with Crippen LogP contribution >= 0.6 is 0 Å². The zero-order valence-electron chi connectivity index (χ0n) is 8.50. The van der Waals surface area contributed by atoms with Gasteiger partial charge in [0.15, 0.2) is 0 Å². The molecule has 2 rings (SSSR count). The summed E-state index contributed by atoms with van der Waals surface area (Å²) in [5.74, 6) is 0.645. The third-order valence-electron chi connectivity index (χ3n) is 3.61. The first-order valence-electron chi connectivity index (χ1n) is 5.43. The van der Waals surface area contributed by atoms with Crippen molar-refractivity contribution >= 4 is 0 Å². The summed E-state index contributed by atoms with van der Waals surface area (Å²) >= 11 is 0. The van der Waals surface area contributed by atoms with Gasteiger partial charge >= 0.3 is 6.18 Å². The van der Waals surface area contributed by atoms with Crippen LogP contribution in [0.3, 0.4) is 0 Å². The van der Waals surface area contributed by atoms with Gasteiger partial charge in [0, 0.05) is 25.6 Å². The van der Waals surface area contributed by atoms with Crippen molar-refractivity contribution in [2.45, 2.75) is 31.5 Å². The lowest BCUT2D eigenvalue weighted by atomic mass is 10.00. The van der Waals surface area contributed by atoms with E-state index < -0.39 is 12.6 Å². The smallest absolute Gasteiger partial charge is 0.390 e. The van der Waals surface area contributed by atoms with Gasteiger partial charge in [-0.1, -0.05) is 0 Å². The SMILES string of the molecule is OC1CCC2CN(CCC(F)(F)F)CC12. The molecular weight excluding hydrogens is 207 g/mol. The first-order valence-corrected chi connectivity index (χ1v) is 5.43. The number of fused-ring (bicyclic) bond motifs is 1. The van der Waals surface area contributed by atoms with Crippen LogP contribution in [0.15, 0.2) is 0 Å². The van der Waals surface area contributed by atoms with Crippen LogP contribution in [-0.2, 0) is 0 Å². The quantitative estimate of drug-likeness (QED) is 0.769. The Morgan fingerprint density at radius 1 is 1.20 bits per heavy atom. The van der Waals surface area contributed by atoms with Gasteiger partial charge in [-0.2, -0.15) is 13.2 Å². The van der Waals surface area contributed by atoms with Gasteiger partial charge in [0.05, 0.1) is 12.5 Å². The molecule has 0 aromatic carbocycles. The molecule has 0 aromatic heterocycles. The van der Waals surface area contributed by atoms with Crippen LogP contribution in [0.2, 0.25) is 0 Å². The monoisotopic (exact) mass is 223 g/mol. The Kier molecular flexibility index (Phi) is 2.94. The fourth-order valence-electron chi connectivity index (χ4n) is 2.80. The molecule has 1 aliphatic heterocycles. The first-order chi connectivity index (χ1) is 6.96. The molecule has 88 valence electrons. The number of rotatable bonds is 2. The summed E-state index contributed by atoms with van der Waals surface area (Å²) in [5.41, 5.74) is 0. The fourth-order valence-corrected chi connectivity index (χ4v) is 2.80. The summed E-state index contributed by atoms with van der Waals surface area (Å²) in [4.78, 5) is 1.84. The van der Waals surface area contributed by atoms with Gasteiger partial charge < -0.3 is 10.0 Å². The maximum Gasteiger partial charge on any atom is 0.390 e. The highest BCUT2D eigenvalue weighted by Gasteiger charge is 2.42. The predicted octanol–water partition coefficient (Wildman–Crippen LogP) is 1.64. The highest BCUT2D eigenvalue weighted by atomic mass is 19.4. The van der Waals surface area contributed by atoms with Gasteiger partial charge in [0.2, 0.25) is 0 Å². The van der Waals surface area contributed by atoms with Crippen LogP contribution in [-0.4, -0.2) is 41.9 Å². The molecule has 2 nitrogen and oxygen atoms in total. The molecule has 2 aliphatic rings. The van der Waals surface area contributed by atoms with E-state index in [1.54, 1.807) is 0 Å². The van der Waals surface area contributed by atoms with Crippen LogP contribution in [0.5, 0.6) is 0 Å². The Bertz CT molecular complexity index is 231. The first kappa shape index (κ1) is 11.2. The molecule has 0 amide bonds. The van der Waals surface area contributed by atoms with Gasteiger partial charge in [-0.15, -0.1) is 0 Å². The van der Waals surface area contributed by atoms with Crippen molar-refractivity contribution in [3.8, 4) is 0 Å². The zero-order chi connectivity index (χ0) is 11.1. The molecule has 2 fully saturated rings. The average Bonchev–Trinajstić information content (AvgIpc) is 2.64. The van der Waals surface area contributed by atoms with Crippen LogP contribution in [0.4, 0.5) is 13.2 Å². The Labute approximate surface area is 87.1 Å². The second-order valence-electron chi connectivity index (χ2n) is 4.69. The summed E-state index contributed by atoms with van der Waals surface area (Å²) in [5, 5.41) is 9.60. The van der Waals surface area contributed by atoms with E-state index in [0.717, 1.165) is 19.4 Å². The maximum atomic E-state index is 12.0. The van der Waals surface area contributed by atoms with E-state index in [0.29, 0.717) is 12.5 Å². The Balaban J connectivity index is 1.79. The van der Waals surface area contributed by atoms with Gasteiger partial charge in [-0.3, -0.25) is 0 Å². The molecule has 3 unspecified atom stereocenters. The number of aliphatic hydroxyl groups excluding tert-OH is 1. The van der Waals surface area contributed by atoms with Crippen LogP contribution in [0.25, 0.3) is 0 Å². The number of aliphatic hydroxyl groups is 1. The second-order valence-corrected chi connectivity index (χ2v) is 4.69. The minimum absolute atomic E-state index is 0.0865. The lowest BCUT2D eigenvalue weighted by molar-refractivity contribution is -0.137. The molecule has 15 heavy (non-hydrogen) atoms. The molecule has 0 aromatic rings. The van der Waals surface area contributed by atoms with Crippen LogP contribution < -0.4 is 0 Å². The molecule has 1 aliphatic carbocycles. The van der Waals surface area contributed by atoms with E-state index in [2.05, 4.69) is 0 Å². The number of hydrogen-bond donors (Lipinski definition) is 1. The predicted molar refractivity (Wildman–Crippen MR) is 49.3 cm³/mol. The highest BCUT2D eigenvalue weighted by molar-refractivity contribution is 4.93. The topological polar surface area (TPSA) is 23.5 Å². The maximum absolute atomic E-state index is 12.0. The largest absolute Gasteiger partial charge is 0.393 e. The number of nitrogens with zero attached hydrogens (tertiary/aromatic N) is 1. The van der Waals surface area contributed by atoms with Crippen molar-refractivity contribution in [3.63, 3.8) is 0 Å². The number of halogens is 3. The van der Waals surface area contributed by atoms with Gasteiger partial charge in [0.1, 0.15) is 0 Å². The molecule has 3 atom stereocenters. The summed E-state index contributed by atoms with van der Waals surface area (Å²) in [6, 6.07) is 0. The normalized spacial score (nSPS) is 37.2. The number of likely N-dealkylation sites (tertiary alicyclic amines) is 1. The highest BCUT2D eigenvalue weighted by Crippen LogP contribution is 2.38. The van der Waals surface area contributed by atoms with E-state index in [1.165, 1.54) is 0 Å². The van der Waals surface area contributed by atoms with Crippen molar-refractivity contribution in [2.75, 3.05) is 19.6 Å². The van der Waals surface area contributed by atoms with Crippen molar-refractivity contribution in [3.05, 3.63) is 0 Å². The molecule has 0 spiro atoms. The molecule has 0 radical (unpaired) electrons. The summed E-state index contributed by atoms with van der Waals surface area (Å²) in [6.45, 7) is 1.46. The molecule has 1 N–H and O–H groups in total. The summed E-state index contributed by atoms with van der Waals surface area (Å²) < 4.78 is 36.0. The Morgan fingerprint density at radius 2 is 1.93 bits per heavy atom. The second kappa shape index (κ2) is 3.94. The molecular formula is C10H16F3NO. The fraction of sp³-hybridized carbons (Fsp3) is 1.00. The number of hydrogen-bond acceptors (Lipinski definition) is 2. The van der Waals surface area contributed by atoms with Crippen molar-refractivity contribution in [2.24, 2.45) is 11.8 Å². The zero-order valence-corrected chi connectivity index (χ0v) is 8.50. The molecule has 1 saturated heterocycles. The van der Waals surface area contributed by atoms with Gasteiger partial charge in [-0.25, -0.2) is 0 Å².